The zero-order valence-corrected chi connectivity index (χ0v) is 18.4. The molecule has 0 aromatic carbocycles. The Hall–Kier alpha value is -1.14. The first-order valence-corrected chi connectivity index (χ1v) is 9.68. The number of carbonyl (C=O) groups excluding carboxylic acids is 1. The summed E-state index contributed by atoms with van der Waals surface area (Å²) in [6.07, 6.45) is 1.85. The third-order valence-electron chi connectivity index (χ3n) is 4.80. The molecule has 0 bridgehead atoms. The van der Waals surface area contributed by atoms with Crippen molar-refractivity contribution in [3.63, 3.8) is 0 Å². The highest BCUT2D eigenvalue weighted by Crippen LogP contribution is 2.18. The first kappa shape index (κ1) is 21.2. The molecular formula is C16H28IN7OS. The number of halogens is 1. The van der Waals surface area contributed by atoms with E-state index < -0.39 is 0 Å². The molecule has 3 heterocycles. The van der Waals surface area contributed by atoms with E-state index in [9.17, 15) is 4.79 Å². The Kier molecular flexibility index (Phi) is 8.35. The second kappa shape index (κ2) is 10.3. The summed E-state index contributed by atoms with van der Waals surface area (Å²) < 4.78 is 0. The van der Waals surface area contributed by atoms with Crippen LogP contribution in [0.15, 0.2) is 16.6 Å². The molecule has 1 aromatic rings. The molecule has 3 rings (SSSR count). The summed E-state index contributed by atoms with van der Waals surface area (Å²) in [5.41, 5.74) is 6.16. The third-order valence-corrected chi connectivity index (χ3v) is 5.63. The van der Waals surface area contributed by atoms with Crippen molar-refractivity contribution in [3.05, 3.63) is 11.6 Å². The zero-order chi connectivity index (χ0) is 17.6. The van der Waals surface area contributed by atoms with Gasteiger partial charge in [0.25, 0.3) is 0 Å². The fourth-order valence-corrected chi connectivity index (χ4v) is 3.89. The molecular weight excluding hydrogens is 465 g/mol. The summed E-state index contributed by atoms with van der Waals surface area (Å²) in [5.74, 6) is 0.806. The molecule has 146 valence electrons. The molecule has 2 N–H and O–H groups in total. The first-order chi connectivity index (χ1) is 12.1. The van der Waals surface area contributed by atoms with E-state index in [1.165, 1.54) is 0 Å². The van der Waals surface area contributed by atoms with Crippen LogP contribution in [-0.2, 0) is 4.79 Å². The molecule has 2 aliphatic rings. The van der Waals surface area contributed by atoms with E-state index in [1.54, 1.807) is 18.3 Å². The van der Waals surface area contributed by atoms with Gasteiger partial charge >= 0.3 is 0 Å². The van der Waals surface area contributed by atoms with E-state index in [4.69, 9.17) is 5.73 Å². The number of carbonyl (C=O) groups is 1. The second-order valence-corrected chi connectivity index (χ2v) is 7.25. The van der Waals surface area contributed by atoms with Gasteiger partial charge in [0.1, 0.15) is 0 Å². The van der Waals surface area contributed by atoms with Crippen molar-refractivity contribution >= 4 is 52.3 Å². The number of rotatable bonds is 4. The summed E-state index contributed by atoms with van der Waals surface area (Å²) >= 11 is 1.68. The van der Waals surface area contributed by atoms with Crippen molar-refractivity contribution in [1.29, 1.82) is 0 Å². The molecule has 8 nitrogen and oxygen atoms in total. The largest absolute Gasteiger partial charge is 0.370 e. The quantitative estimate of drug-likeness (QED) is 0.371. The molecule has 0 aliphatic carbocycles. The van der Waals surface area contributed by atoms with Crippen molar-refractivity contribution in [2.24, 2.45) is 10.7 Å². The summed E-state index contributed by atoms with van der Waals surface area (Å²) in [7, 11) is 0. The molecule has 0 spiro atoms. The van der Waals surface area contributed by atoms with Gasteiger partial charge in [-0.05, 0) is 0 Å². The van der Waals surface area contributed by atoms with Gasteiger partial charge in [0, 0.05) is 77.4 Å². The van der Waals surface area contributed by atoms with Gasteiger partial charge in [0.15, 0.2) is 11.1 Å². The number of aliphatic imine (C=N–C) groups is 1. The molecule has 2 aliphatic heterocycles. The average Bonchev–Trinajstić information content (AvgIpc) is 3.17. The molecule has 0 unspecified atom stereocenters. The number of guanidine groups is 1. The Bertz CT molecular complexity index is 581. The van der Waals surface area contributed by atoms with Gasteiger partial charge in [0.05, 0.1) is 6.54 Å². The minimum absolute atomic E-state index is 0. The highest BCUT2D eigenvalue weighted by atomic mass is 127. The molecule has 1 amide bonds. The van der Waals surface area contributed by atoms with Gasteiger partial charge in [-0.3, -0.25) is 14.7 Å². The molecule has 0 saturated carbocycles. The molecule has 10 heteroatoms. The number of aromatic nitrogens is 1. The summed E-state index contributed by atoms with van der Waals surface area (Å²) in [5, 5.41) is 3.09. The predicted octanol–water partition coefficient (Wildman–Crippen LogP) is 0.362. The smallest absolute Gasteiger partial charge is 0.219 e. The lowest BCUT2D eigenvalue weighted by atomic mass is 10.3. The van der Waals surface area contributed by atoms with Gasteiger partial charge in [-0.1, -0.05) is 0 Å². The maximum absolute atomic E-state index is 11.3. The van der Waals surface area contributed by atoms with Gasteiger partial charge in [-0.15, -0.1) is 35.3 Å². The maximum atomic E-state index is 11.3. The van der Waals surface area contributed by atoms with Crippen LogP contribution < -0.4 is 10.6 Å². The molecule has 2 saturated heterocycles. The lowest BCUT2D eigenvalue weighted by Gasteiger charge is -2.35. The summed E-state index contributed by atoms with van der Waals surface area (Å²) in [4.78, 5) is 28.9. The number of amides is 1. The zero-order valence-electron chi connectivity index (χ0n) is 15.2. The highest BCUT2D eigenvalue weighted by molar-refractivity contribution is 14.0. The van der Waals surface area contributed by atoms with E-state index >= 15 is 0 Å². The van der Waals surface area contributed by atoms with Crippen LogP contribution in [0.2, 0.25) is 0 Å². The number of piperazine rings is 2. The van der Waals surface area contributed by atoms with Crippen molar-refractivity contribution in [2.45, 2.75) is 6.92 Å². The number of anilines is 1. The Balaban J connectivity index is 0.00000243. The Morgan fingerprint density at radius 3 is 2.38 bits per heavy atom. The Morgan fingerprint density at radius 2 is 1.81 bits per heavy atom. The van der Waals surface area contributed by atoms with Gasteiger partial charge in [-0.2, -0.15) is 0 Å². The summed E-state index contributed by atoms with van der Waals surface area (Å²) in [6, 6.07) is 0. The van der Waals surface area contributed by atoms with Crippen LogP contribution in [0.5, 0.6) is 0 Å². The van der Waals surface area contributed by atoms with Gasteiger partial charge in [0.2, 0.25) is 5.91 Å². The van der Waals surface area contributed by atoms with Crippen molar-refractivity contribution < 1.29 is 4.79 Å². The second-order valence-electron chi connectivity index (χ2n) is 6.38. The van der Waals surface area contributed by atoms with Gasteiger partial charge in [-0.25, -0.2) is 4.98 Å². The van der Waals surface area contributed by atoms with Crippen LogP contribution in [-0.4, -0.2) is 97.0 Å². The predicted molar refractivity (Wildman–Crippen MR) is 116 cm³/mol. The summed E-state index contributed by atoms with van der Waals surface area (Å²) in [6.45, 7) is 10.3. The fraction of sp³-hybridized carbons (Fsp3) is 0.688. The standard InChI is InChI=1S/C16H27N7OS.HI/c1-14(24)21-7-5-20(6-8-21)4-2-18-15(17)22-9-11-23(12-10-22)16-19-3-13-25-16;/h3,13H,2,4-12H2,1H3,(H2,17,18);1H. The Labute approximate surface area is 176 Å². The average molecular weight is 493 g/mol. The minimum atomic E-state index is 0. The third kappa shape index (κ3) is 5.68. The maximum Gasteiger partial charge on any atom is 0.219 e. The topological polar surface area (TPSA) is 81.3 Å². The van der Waals surface area contributed by atoms with Crippen LogP contribution in [0, 0.1) is 0 Å². The van der Waals surface area contributed by atoms with Crippen LogP contribution in [0.1, 0.15) is 6.92 Å². The van der Waals surface area contributed by atoms with Crippen LogP contribution in [0.4, 0.5) is 5.13 Å². The number of nitrogens with zero attached hydrogens (tertiary/aromatic N) is 6. The monoisotopic (exact) mass is 493 g/mol. The lowest BCUT2D eigenvalue weighted by molar-refractivity contribution is -0.130. The number of thiazole rings is 1. The number of nitrogens with two attached hydrogens (primary N) is 1. The molecule has 0 radical (unpaired) electrons. The van der Waals surface area contributed by atoms with Gasteiger partial charge < -0.3 is 20.4 Å². The van der Waals surface area contributed by atoms with Crippen LogP contribution in [0.25, 0.3) is 0 Å². The number of hydrogen-bond donors (Lipinski definition) is 1. The first-order valence-electron chi connectivity index (χ1n) is 8.80. The van der Waals surface area contributed by atoms with E-state index in [-0.39, 0.29) is 29.9 Å². The van der Waals surface area contributed by atoms with Crippen LogP contribution in [0.3, 0.4) is 0 Å². The van der Waals surface area contributed by atoms with E-state index in [2.05, 4.69) is 24.7 Å². The Morgan fingerprint density at radius 1 is 1.15 bits per heavy atom. The molecule has 26 heavy (non-hydrogen) atoms. The normalized spacial score (nSPS) is 19.4. The van der Waals surface area contributed by atoms with E-state index in [0.29, 0.717) is 12.5 Å². The lowest BCUT2D eigenvalue weighted by Crippen LogP contribution is -2.51. The SMILES string of the molecule is CC(=O)N1CCN(CCN=C(N)N2CCN(c3nccs3)CC2)CC1.I. The van der Waals surface area contributed by atoms with Crippen LogP contribution >= 0.6 is 35.3 Å². The molecule has 0 atom stereocenters. The van der Waals surface area contributed by atoms with Crippen molar-refractivity contribution in [1.82, 2.24) is 19.7 Å². The van der Waals surface area contributed by atoms with E-state index in [0.717, 1.165) is 64.0 Å². The molecule has 2 fully saturated rings. The number of hydrogen-bond acceptors (Lipinski definition) is 6. The van der Waals surface area contributed by atoms with Crippen molar-refractivity contribution in [2.75, 3.05) is 70.3 Å². The van der Waals surface area contributed by atoms with Crippen molar-refractivity contribution in [3.8, 4) is 0 Å². The highest BCUT2D eigenvalue weighted by Gasteiger charge is 2.20. The van der Waals surface area contributed by atoms with E-state index in [1.807, 2.05) is 16.5 Å². The molecule has 1 aromatic heterocycles. The fourth-order valence-electron chi connectivity index (χ4n) is 3.19. The minimum Gasteiger partial charge on any atom is -0.370 e.